The maximum atomic E-state index is 13.7. The van der Waals surface area contributed by atoms with Gasteiger partial charge >= 0.3 is 6.18 Å². The zero-order valence-electron chi connectivity index (χ0n) is 21.4. The van der Waals surface area contributed by atoms with E-state index >= 15 is 0 Å². The van der Waals surface area contributed by atoms with Crippen molar-refractivity contribution >= 4 is 46.5 Å². The summed E-state index contributed by atoms with van der Waals surface area (Å²) in [4.78, 5) is 37.1. The summed E-state index contributed by atoms with van der Waals surface area (Å²) < 4.78 is 41.2. The summed E-state index contributed by atoms with van der Waals surface area (Å²) in [6, 6.07) is 9.31. The predicted octanol–water partition coefficient (Wildman–Crippen LogP) is 4.03. The number of carbonyl (C=O) groups is 2. The molecule has 14 heteroatoms. The smallest absolute Gasteiger partial charge is 0.390 e. The molecule has 4 rings (SSSR count). The Hall–Kier alpha value is -4.72. The van der Waals surface area contributed by atoms with Gasteiger partial charge in [-0.3, -0.25) is 9.59 Å². The van der Waals surface area contributed by atoms with E-state index in [0.29, 0.717) is 36.5 Å². The Balaban J connectivity index is 1.55. The fourth-order valence-electron chi connectivity index (χ4n) is 4.06. The fourth-order valence-corrected chi connectivity index (χ4v) is 4.06. The number of aliphatic hydroxyl groups excluding tert-OH is 1. The number of benzene rings is 1. The van der Waals surface area contributed by atoms with Gasteiger partial charge in [-0.15, -0.1) is 0 Å². The molecular formula is C26H27F3N8O3. The second-order valence-electron chi connectivity index (χ2n) is 8.92. The number of nitrogens with zero attached hydrogens (tertiary/aromatic N) is 4. The van der Waals surface area contributed by atoms with Crippen LogP contribution in [0.25, 0.3) is 0 Å². The summed E-state index contributed by atoms with van der Waals surface area (Å²) in [5.74, 6) is -0.700. The highest BCUT2D eigenvalue weighted by atomic mass is 19.4. The Morgan fingerprint density at radius 3 is 2.62 bits per heavy atom. The number of carbonyl (C=O) groups excluding carboxylic acids is 2. The quantitative estimate of drug-likeness (QED) is 0.247. The van der Waals surface area contributed by atoms with Crippen molar-refractivity contribution in [3.63, 3.8) is 0 Å². The molecule has 0 spiro atoms. The van der Waals surface area contributed by atoms with E-state index in [0.717, 1.165) is 12.5 Å². The van der Waals surface area contributed by atoms with Gasteiger partial charge in [0.25, 0.3) is 0 Å². The van der Waals surface area contributed by atoms with Crippen LogP contribution in [0.4, 0.5) is 47.8 Å². The van der Waals surface area contributed by atoms with Crippen molar-refractivity contribution in [1.29, 1.82) is 0 Å². The number of likely N-dealkylation sites (tertiary alicyclic amines) is 1. The summed E-state index contributed by atoms with van der Waals surface area (Å²) >= 11 is 0. The molecule has 2 amide bonds. The number of rotatable bonds is 9. The summed E-state index contributed by atoms with van der Waals surface area (Å²) in [6.45, 7) is 5.58. The summed E-state index contributed by atoms with van der Waals surface area (Å²) in [5, 5.41) is 21.1. The highest BCUT2D eigenvalue weighted by Crippen LogP contribution is 2.36. The van der Waals surface area contributed by atoms with Crippen LogP contribution in [0.15, 0.2) is 55.3 Å². The molecule has 1 aliphatic rings. The average Bonchev–Trinajstić information content (AvgIpc) is 3.38. The highest BCUT2D eigenvalue weighted by Gasteiger charge is 2.35. The van der Waals surface area contributed by atoms with Gasteiger partial charge in [0.2, 0.25) is 17.8 Å². The largest absolute Gasteiger partial charge is 0.421 e. The van der Waals surface area contributed by atoms with E-state index in [-0.39, 0.29) is 29.3 Å². The molecule has 2 aromatic heterocycles. The maximum absolute atomic E-state index is 13.7. The van der Waals surface area contributed by atoms with Gasteiger partial charge in [0.1, 0.15) is 17.2 Å². The minimum atomic E-state index is -4.75. The second-order valence-corrected chi connectivity index (χ2v) is 8.92. The third-order valence-electron chi connectivity index (χ3n) is 6.03. The molecule has 1 aromatic carbocycles. The number of aliphatic hydroxyl groups is 1. The Morgan fingerprint density at radius 1 is 1.18 bits per heavy atom. The van der Waals surface area contributed by atoms with Crippen LogP contribution in [0.2, 0.25) is 0 Å². The summed E-state index contributed by atoms with van der Waals surface area (Å²) in [5.41, 5.74) is -0.00944. The van der Waals surface area contributed by atoms with Crippen molar-refractivity contribution < 1.29 is 27.9 Å². The Morgan fingerprint density at radius 2 is 1.95 bits per heavy atom. The Labute approximate surface area is 227 Å². The normalized spacial score (nSPS) is 14.9. The van der Waals surface area contributed by atoms with Crippen LogP contribution >= 0.6 is 0 Å². The lowest BCUT2D eigenvalue weighted by molar-refractivity contribution is -0.137. The number of aromatic nitrogens is 3. The number of halogens is 3. The van der Waals surface area contributed by atoms with E-state index in [4.69, 9.17) is 0 Å². The first-order valence-electron chi connectivity index (χ1n) is 12.2. The molecular weight excluding hydrogens is 529 g/mol. The van der Waals surface area contributed by atoms with E-state index < -0.39 is 30.1 Å². The minimum Gasteiger partial charge on any atom is -0.390 e. The van der Waals surface area contributed by atoms with Gasteiger partial charge in [-0.05, 0) is 42.8 Å². The summed E-state index contributed by atoms with van der Waals surface area (Å²) in [7, 11) is 0. The fraction of sp³-hybridized carbons (Fsp3) is 0.269. The molecule has 3 heterocycles. The molecule has 3 aromatic rings. The van der Waals surface area contributed by atoms with Crippen LogP contribution in [-0.2, 0) is 22.4 Å². The number of hydrogen-bond donors (Lipinski definition) is 5. The van der Waals surface area contributed by atoms with Crippen molar-refractivity contribution in [2.24, 2.45) is 0 Å². The zero-order chi connectivity index (χ0) is 28.9. The topological polar surface area (TPSA) is 144 Å². The van der Waals surface area contributed by atoms with Gasteiger partial charge in [-0.25, -0.2) is 9.97 Å². The van der Waals surface area contributed by atoms with Crippen molar-refractivity contribution in [1.82, 2.24) is 19.9 Å². The first kappa shape index (κ1) is 28.3. The number of anilines is 6. The van der Waals surface area contributed by atoms with E-state index in [1.807, 2.05) is 0 Å². The molecule has 1 atom stereocenters. The zero-order valence-corrected chi connectivity index (χ0v) is 21.4. The molecule has 1 aliphatic heterocycles. The van der Waals surface area contributed by atoms with Gasteiger partial charge in [0.05, 0.1) is 18.0 Å². The van der Waals surface area contributed by atoms with E-state index in [2.05, 4.69) is 42.8 Å². The number of alkyl halides is 3. The lowest BCUT2D eigenvalue weighted by atomic mass is 10.2. The molecule has 1 unspecified atom stereocenters. The van der Waals surface area contributed by atoms with Gasteiger partial charge in [0, 0.05) is 43.6 Å². The van der Waals surface area contributed by atoms with Gasteiger partial charge in [0.15, 0.2) is 0 Å². The monoisotopic (exact) mass is 556 g/mol. The third-order valence-corrected chi connectivity index (χ3v) is 6.03. The van der Waals surface area contributed by atoms with Gasteiger partial charge < -0.3 is 31.3 Å². The molecule has 0 radical (unpaired) electrons. The maximum Gasteiger partial charge on any atom is 0.421 e. The van der Waals surface area contributed by atoms with Crippen molar-refractivity contribution in [2.75, 3.05) is 34.4 Å². The molecule has 1 fully saturated rings. The predicted molar refractivity (Wildman–Crippen MR) is 143 cm³/mol. The van der Waals surface area contributed by atoms with Crippen LogP contribution in [0, 0.1) is 0 Å². The van der Waals surface area contributed by atoms with Crippen molar-refractivity contribution in [3.05, 3.63) is 66.5 Å². The van der Waals surface area contributed by atoms with Crippen molar-refractivity contribution in [3.8, 4) is 0 Å². The van der Waals surface area contributed by atoms with Crippen LogP contribution in [0.5, 0.6) is 0 Å². The number of hydrogen-bond acceptors (Lipinski definition) is 9. The molecule has 0 aliphatic carbocycles. The molecule has 210 valence electrons. The molecule has 11 nitrogen and oxygen atoms in total. The van der Waals surface area contributed by atoms with Crippen molar-refractivity contribution in [2.45, 2.75) is 32.2 Å². The Bertz CT molecular complexity index is 1420. The van der Waals surface area contributed by atoms with Crippen LogP contribution in [0.3, 0.4) is 0 Å². The van der Waals surface area contributed by atoms with Crippen LogP contribution in [0.1, 0.15) is 24.6 Å². The van der Waals surface area contributed by atoms with Gasteiger partial charge in [-0.1, -0.05) is 12.6 Å². The standard InChI is InChI=1S/C26H27F3N8O3/c1-3-23(40)32-16-5-4-6-17(11-16)33-24-19(26(27,28)29)12-30-25(36-24)35-20-7-8-22(34-21(20)14-38)31-18-9-10-37(13-18)15(2)39/h3-8,11-12,18,38H,1,9-10,13-14H2,2H3,(H,31,34)(H,32,40)(H2,30,33,35,36). The lowest BCUT2D eigenvalue weighted by Gasteiger charge is -2.18. The van der Waals surface area contributed by atoms with Crippen LogP contribution < -0.4 is 21.3 Å². The third kappa shape index (κ3) is 7.02. The average molecular weight is 557 g/mol. The van der Waals surface area contributed by atoms with Gasteiger partial charge in [-0.2, -0.15) is 18.2 Å². The SMILES string of the molecule is C=CC(=O)Nc1cccc(Nc2nc(Nc3ccc(NC4CCN(C(C)=O)C4)nc3CO)ncc2C(F)(F)F)c1. The Kier molecular flexibility index (Phi) is 8.48. The molecule has 0 saturated carbocycles. The highest BCUT2D eigenvalue weighted by molar-refractivity contribution is 5.99. The summed E-state index contributed by atoms with van der Waals surface area (Å²) in [6.07, 6.45) is -2.30. The van der Waals surface area contributed by atoms with Crippen LogP contribution in [-0.4, -0.2) is 55.9 Å². The number of pyridine rings is 1. The van der Waals surface area contributed by atoms with E-state index in [1.54, 1.807) is 29.2 Å². The lowest BCUT2D eigenvalue weighted by Crippen LogP contribution is -2.29. The van der Waals surface area contributed by atoms with E-state index in [9.17, 15) is 27.9 Å². The molecule has 40 heavy (non-hydrogen) atoms. The number of nitrogens with one attached hydrogen (secondary N) is 4. The number of amides is 2. The minimum absolute atomic E-state index is 0.00257. The first-order valence-corrected chi connectivity index (χ1v) is 12.2. The second kappa shape index (κ2) is 12.0. The molecule has 0 bridgehead atoms. The first-order chi connectivity index (χ1) is 19.0. The molecule has 1 saturated heterocycles. The van der Waals surface area contributed by atoms with E-state index in [1.165, 1.54) is 19.1 Å². The molecule has 5 N–H and O–H groups in total.